The fraction of sp³-hybridized carbons (Fsp3) is 0.529. The van der Waals surface area contributed by atoms with Gasteiger partial charge in [-0.2, -0.15) is 0 Å². The van der Waals surface area contributed by atoms with Gasteiger partial charge in [0.25, 0.3) is 5.91 Å². The van der Waals surface area contributed by atoms with E-state index in [1.165, 1.54) is 6.42 Å². The van der Waals surface area contributed by atoms with Crippen LogP contribution in [0.3, 0.4) is 0 Å². The van der Waals surface area contributed by atoms with Crippen molar-refractivity contribution in [3.8, 4) is 0 Å². The number of rotatable bonds is 6. The molecule has 3 amide bonds. The maximum Gasteiger partial charge on any atom is 0.319 e. The van der Waals surface area contributed by atoms with E-state index in [0.29, 0.717) is 29.8 Å². The van der Waals surface area contributed by atoms with E-state index in [4.69, 9.17) is 0 Å². The van der Waals surface area contributed by atoms with Crippen molar-refractivity contribution in [2.45, 2.75) is 31.7 Å². The molecule has 1 heterocycles. The van der Waals surface area contributed by atoms with Crippen LogP contribution in [0.2, 0.25) is 0 Å². The zero-order chi connectivity index (χ0) is 16.1. The first-order valence-corrected chi connectivity index (χ1v) is 8.37. The van der Waals surface area contributed by atoms with Crippen LogP contribution in [0.5, 0.6) is 0 Å². The van der Waals surface area contributed by atoms with Crippen LogP contribution in [0, 0.1) is 5.92 Å². The summed E-state index contributed by atoms with van der Waals surface area (Å²) < 4.78 is 0. The van der Waals surface area contributed by atoms with E-state index in [1.807, 2.05) is 0 Å². The maximum absolute atomic E-state index is 12.2. The second-order valence-corrected chi connectivity index (χ2v) is 6.36. The van der Waals surface area contributed by atoms with Crippen molar-refractivity contribution in [1.82, 2.24) is 16.0 Å². The lowest BCUT2D eigenvalue weighted by Gasteiger charge is -2.11. The first-order valence-electron chi connectivity index (χ1n) is 8.37. The first kappa shape index (κ1) is 15.8. The van der Waals surface area contributed by atoms with Gasteiger partial charge in [-0.05, 0) is 62.9 Å². The van der Waals surface area contributed by atoms with Gasteiger partial charge in [0.15, 0.2) is 0 Å². The molecule has 2 aliphatic rings. The molecular formula is C17H24N4O2. The SMILES string of the molecule is O=C(Nc1cccc(C(=O)NCCC2CCNC2)c1)NC1CC1. The molecule has 1 saturated carbocycles. The number of carbonyl (C=O) groups excluding carboxylic acids is 2. The summed E-state index contributed by atoms with van der Waals surface area (Å²) in [5, 5.41) is 11.9. The number of amides is 3. The predicted molar refractivity (Wildman–Crippen MR) is 89.5 cm³/mol. The third-order valence-electron chi connectivity index (χ3n) is 4.30. The highest BCUT2D eigenvalue weighted by Crippen LogP contribution is 2.19. The average Bonchev–Trinajstić information content (AvgIpc) is 3.19. The van der Waals surface area contributed by atoms with Gasteiger partial charge in [-0.3, -0.25) is 4.79 Å². The van der Waals surface area contributed by atoms with E-state index in [-0.39, 0.29) is 11.9 Å². The first-order chi connectivity index (χ1) is 11.2. The van der Waals surface area contributed by atoms with Gasteiger partial charge in [0.1, 0.15) is 0 Å². The molecule has 124 valence electrons. The Hall–Kier alpha value is -2.08. The molecule has 6 nitrogen and oxygen atoms in total. The molecular weight excluding hydrogens is 292 g/mol. The van der Waals surface area contributed by atoms with E-state index >= 15 is 0 Å². The van der Waals surface area contributed by atoms with Gasteiger partial charge in [0, 0.05) is 23.8 Å². The molecule has 0 aromatic heterocycles. The Morgan fingerprint density at radius 2 is 2.09 bits per heavy atom. The molecule has 2 fully saturated rings. The van der Waals surface area contributed by atoms with Crippen molar-refractivity contribution in [2.24, 2.45) is 5.92 Å². The smallest absolute Gasteiger partial charge is 0.319 e. The Bertz CT molecular complexity index is 565. The number of hydrogen-bond acceptors (Lipinski definition) is 3. The van der Waals surface area contributed by atoms with Crippen molar-refractivity contribution in [2.75, 3.05) is 25.0 Å². The highest BCUT2D eigenvalue weighted by atomic mass is 16.2. The van der Waals surface area contributed by atoms with Crippen LogP contribution >= 0.6 is 0 Å². The summed E-state index contributed by atoms with van der Waals surface area (Å²) in [5.41, 5.74) is 1.20. The molecule has 3 rings (SSSR count). The van der Waals surface area contributed by atoms with Crippen molar-refractivity contribution >= 4 is 17.6 Å². The molecule has 1 aliphatic carbocycles. The van der Waals surface area contributed by atoms with Crippen LogP contribution in [0.4, 0.5) is 10.5 Å². The number of benzene rings is 1. The topological polar surface area (TPSA) is 82.3 Å². The van der Waals surface area contributed by atoms with E-state index in [2.05, 4.69) is 21.3 Å². The number of carbonyl (C=O) groups is 2. The largest absolute Gasteiger partial charge is 0.352 e. The standard InChI is InChI=1S/C17H24N4O2/c22-16(19-9-7-12-6-8-18-11-12)13-2-1-3-15(10-13)21-17(23)20-14-4-5-14/h1-3,10,12,14,18H,4-9,11H2,(H,19,22)(H2,20,21,23). The van der Waals surface area contributed by atoms with Gasteiger partial charge in [0.2, 0.25) is 0 Å². The van der Waals surface area contributed by atoms with E-state index in [0.717, 1.165) is 32.4 Å². The van der Waals surface area contributed by atoms with E-state index < -0.39 is 0 Å². The predicted octanol–water partition coefficient (Wildman–Crippen LogP) is 1.70. The number of hydrogen-bond donors (Lipinski definition) is 4. The van der Waals surface area contributed by atoms with Crippen molar-refractivity contribution in [3.63, 3.8) is 0 Å². The average molecular weight is 316 g/mol. The van der Waals surface area contributed by atoms with Gasteiger partial charge < -0.3 is 21.3 Å². The number of nitrogens with one attached hydrogen (secondary N) is 4. The minimum atomic E-state index is -0.209. The summed E-state index contributed by atoms with van der Waals surface area (Å²) in [6.45, 7) is 2.81. The van der Waals surface area contributed by atoms with Crippen LogP contribution in [0.1, 0.15) is 36.0 Å². The van der Waals surface area contributed by atoms with Gasteiger partial charge >= 0.3 is 6.03 Å². The fourth-order valence-corrected chi connectivity index (χ4v) is 2.77. The van der Waals surface area contributed by atoms with E-state index in [9.17, 15) is 9.59 Å². The number of urea groups is 1. The minimum Gasteiger partial charge on any atom is -0.352 e. The molecule has 0 spiro atoms. The fourth-order valence-electron chi connectivity index (χ4n) is 2.77. The molecule has 1 atom stereocenters. The normalized spacial score (nSPS) is 20.1. The van der Waals surface area contributed by atoms with Crippen molar-refractivity contribution in [1.29, 1.82) is 0 Å². The molecule has 1 unspecified atom stereocenters. The molecule has 1 aliphatic heterocycles. The van der Waals surface area contributed by atoms with Crippen molar-refractivity contribution < 1.29 is 9.59 Å². The highest BCUT2D eigenvalue weighted by Gasteiger charge is 2.23. The van der Waals surface area contributed by atoms with Crippen LogP contribution in [-0.2, 0) is 0 Å². The Morgan fingerprint density at radius 3 is 2.83 bits per heavy atom. The van der Waals surface area contributed by atoms with Crippen molar-refractivity contribution in [3.05, 3.63) is 29.8 Å². The Kier molecular flexibility index (Phi) is 5.12. The Labute approximate surface area is 136 Å². The van der Waals surface area contributed by atoms with Crippen LogP contribution in [0.25, 0.3) is 0 Å². The minimum absolute atomic E-state index is 0.0952. The summed E-state index contributed by atoms with van der Waals surface area (Å²) in [4.78, 5) is 23.9. The summed E-state index contributed by atoms with van der Waals surface area (Å²) in [5.74, 6) is 0.566. The molecule has 1 aromatic rings. The second-order valence-electron chi connectivity index (χ2n) is 6.36. The highest BCUT2D eigenvalue weighted by molar-refractivity contribution is 5.96. The molecule has 6 heteroatoms. The summed E-state index contributed by atoms with van der Waals surface area (Å²) in [6.07, 6.45) is 4.28. The zero-order valence-electron chi connectivity index (χ0n) is 13.2. The van der Waals surface area contributed by atoms with Gasteiger partial charge in [-0.25, -0.2) is 4.79 Å². The van der Waals surface area contributed by atoms with Crippen LogP contribution < -0.4 is 21.3 Å². The van der Waals surface area contributed by atoms with Gasteiger partial charge in [-0.1, -0.05) is 6.07 Å². The summed E-state index contributed by atoms with van der Waals surface area (Å²) >= 11 is 0. The van der Waals surface area contributed by atoms with E-state index in [1.54, 1.807) is 24.3 Å². The zero-order valence-corrected chi connectivity index (χ0v) is 13.2. The molecule has 23 heavy (non-hydrogen) atoms. The lowest BCUT2D eigenvalue weighted by atomic mass is 10.1. The summed E-state index contributed by atoms with van der Waals surface area (Å²) in [7, 11) is 0. The third-order valence-corrected chi connectivity index (χ3v) is 4.30. The molecule has 4 N–H and O–H groups in total. The second kappa shape index (κ2) is 7.46. The monoisotopic (exact) mass is 316 g/mol. The van der Waals surface area contributed by atoms with Crippen LogP contribution in [0.15, 0.2) is 24.3 Å². The molecule has 0 bridgehead atoms. The lowest BCUT2D eigenvalue weighted by molar-refractivity contribution is 0.0951. The third kappa shape index (κ3) is 4.96. The quantitative estimate of drug-likeness (QED) is 0.645. The maximum atomic E-state index is 12.2. The van der Waals surface area contributed by atoms with Gasteiger partial charge in [0.05, 0.1) is 0 Å². The Morgan fingerprint density at radius 1 is 1.22 bits per heavy atom. The molecule has 1 saturated heterocycles. The Balaban J connectivity index is 1.46. The van der Waals surface area contributed by atoms with Crippen LogP contribution in [-0.4, -0.2) is 37.6 Å². The van der Waals surface area contributed by atoms with Gasteiger partial charge in [-0.15, -0.1) is 0 Å². The summed E-state index contributed by atoms with van der Waals surface area (Å²) in [6, 6.07) is 7.14. The molecule has 1 aromatic carbocycles. The lowest BCUT2D eigenvalue weighted by Crippen LogP contribution is -2.30. The molecule has 0 radical (unpaired) electrons. The number of anilines is 1.